The first-order valence-corrected chi connectivity index (χ1v) is 6.81. The molecule has 0 aliphatic rings. The Morgan fingerprint density at radius 3 is 2.78 bits per heavy atom. The smallest absolute Gasteiger partial charge is 0.189 e. The molecule has 0 fully saturated rings. The van der Waals surface area contributed by atoms with Crippen molar-refractivity contribution in [3.8, 4) is 0 Å². The number of halogens is 2. The molecule has 0 spiro atoms. The summed E-state index contributed by atoms with van der Waals surface area (Å²) in [4.78, 5) is 4.24. The van der Waals surface area contributed by atoms with Gasteiger partial charge in [0.1, 0.15) is 0 Å². The SMILES string of the molecule is CCCCN=C(N)NC(C)c1ccc(Cl)cc1Cl. The highest BCUT2D eigenvalue weighted by Crippen LogP contribution is 2.25. The molecule has 0 radical (unpaired) electrons. The summed E-state index contributed by atoms with van der Waals surface area (Å²) in [5, 5.41) is 4.37. The van der Waals surface area contributed by atoms with Crippen molar-refractivity contribution in [3.63, 3.8) is 0 Å². The Hall–Kier alpha value is -0.930. The van der Waals surface area contributed by atoms with Crippen LogP contribution in [0.5, 0.6) is 0 Å². The highest BCUT2D eigenvalue weighted by Gasteiger charge is 2.10. The molecule has 1 unspecified atom stereocenters. The van der Waals surface area contributed by atoms with Crippen LogP contribution in [0.1, 0.15) is 38.3 Å². The van der Waals surface area contributed by atoms with E-state index in [2.05, 4.69) is 17.2 Å². The van der Waals surface area contributed by atoms with Crippen LogP contribution in [0.25, 0.3) is 0 Å². The number of nitrogens with two attached hydrogens (primary N) is 1. The van der Waals surface area contributed by atoms with Crippen molar-refractivity contribution in [3.05, 3.63) is 33.8 Å². The summed E-state index contributed by atoms with van der Waals surface area (Å²) in [6.07, 6.45) is 2.15. The molecule has 5 heteroatoms. The van der Waals surface area contributed by atoms with E-state index in [1.807, 2.05) is 19.1 Å². The molecule has 1 aromatic carbocycles. The molecule has 0 amide bonds. The van der Waals surface area contributed by atoms with Crippen LogP contribution < -0.4 is 11.1 Å². The van der Waals surface area contributed by atoms with Gasteiger partial charge in [-0.05, 0) is 31.0 Å². The highest BCUT2D eigenvalue weighted by atomic mass is 35.5. The van der Waals surface area contributed by atoms with Gasteiger partial charge in [0.25, 0.3) is 0 Å². The lowest BCUT2D eigenvalue weighted by Gasteiger charge is -2.16. The summed E-state index contributed by atoms with van der Waals surface area (Å²) in [6.45, 7) is 4.85. The fraction of sp³-hybridized carbons (Fsp3) is 0.462. The molecule has 1 aromatic rings. The molecule has 100 valence electrons. The van der Waals surface area contributed by atoms with E-state index in [1.54, 1.807) is 6.07 Å². The Balaban J connectivity index is 2.64. The van der Waals surface area contributed by atoms with Crippen LogP contribution in [-0.2, 0) is 0 Å². The molecular weight excluding hydrogens is 269 g/mol. The summed E-state index contributed by atoms with van der Waals surface area (Å²) < 4.78 is 0. The third-order valence-electron chi connectivity index (χ3n) is 2.59. The van der Waals surface area contributed by atoms with E-state index in [4.69, 9.17) is 28.9 Å². The lowest BCUT2D eigenvalue weighted by molar-refractivity contribution is 0.703. The third kappa shape index (κ3) is 4.75. The molecule has 0 aliphatic carbocycles. The van der Waals surface area contributed by atoms with Gasteiger partial charge >= 0.3 is 0 Å². The van der Waals surface area contributed by atoms with Crippen LogP contribution in [0.2, 0.25) is 10.0 Å². The Labute approximate surface area is 118 Å². The van der Waals surface area contributed by atoms with E-state index in [-0.39, 0.29) is 6.04 Å². The maximum atomic E-state index is 6.13. The molecule has 0 bridgehead atoms. The molecule has 0 heterocycles. The van der Waals surface area contributed by atoms with Gasteiger partial charge < -0.3 is 11.1 Å². The molecule has 0 aromatic heterocycles. The van der Waals surface area contributed by atoms with Crippen LogP contribution in [0.3, 0.4) is 0 Å². The van der Waals surface area contributed by atoms with Gasteiger partial charge in [0, 0.05) is 16.6 Å². The summed E-state index contributed by atoms with van der Waals surface area (Å²) in [7, 11) is 0. The van der Waals surface area contributed by atoms with Gasteiger partial charge in [0.15, 0.2) is 5.96 Å². The number of aliphatic imine (C=N–C) groups is 1. The van der Waals surface area contributed by atoms with Crippen LogP contribution in [-0.4, -0.2) is 12.5 Å². The Kier molecular flexibility index (Phi) is 6.30. The van der Waals surface area contributed by atoms with Crippen LogP contribution in [0.4, 0.5) is 0 Å². The van der Waals surface area contributed by atoms with E-state index in [9.17, 15) is 0 Å². The third-order valence-corrected chi connectivity index (χ3v) is 3.15. The Bertz CT molecular complexity index is 419. The zero-order valence-electron chi connectivity index (χ0n) is 10.7. The predicted molar refractivity (Wildman–Crippen MR) is 79.4 cm³/mol. The maximum absolute atomic E-state index is 6.13. The lowest BCUT2D eigenvalue weighted by Crippen LogP contribution is -2.34. The Morgan fingerprint density at radius 1 is 1.44 bits per heavy atom. The first kappa shape index (κ1) is 15.1. The number of hydrogen-bond acceptors (Lipinski definition) is 1. The topological polar surface area (TPSA) is 50.4 Å². The zero-order valence-corrected chi connectivity index (χ0v) is 12.2. The minimum Gasteiger partial charge on any atom is -0.370 e. The maximum Gasteiger partial charge on any atom is 0.189 e. The van der Waals surface area contributed by atoms with Gasteiger partial charge in [0.2, 0.25) is 0 Å². The summed E-state index contributed by atoms with van der Waals surface area (Å²) in [5.74, 6) is 0.446. The largest absolute Gasteiger partial charge is 0.370 e. The molecule has 0 saturated heterocycles. The van der Waals surface area contributed by atoms with Crippen LogP contribution >= 0.6 is 23.2 Å². The minimum atomic E-state index is 0.000133. The Morgan fingerprint density at radius 2 is 2.17 bits per heavy atom. The van der Waals surface area contributed by atoms with Crippen molar-refractivity contribution in [1.29, 1.82) is 0 Å². The standard InChI is InChI=1S/C13H19Cl2N3/c1-3-4-7-17-13(16)18-9(2)11-6-5-10(14)8-12(11)15/h5-6,8-9H,3-4,7H2,1-2H3,(H3,16,17,18). The van der Waals surface area contributed by atoms with Crippen molar-refractivity contribution in [2.45, 2.75) is 32.7 Å². The van der Waals surface area contributed by atoms with Crippen molar-refractivity contribution < 1.29 is 0 Å². The van der Waals surface area contributed by atoms with Crippen LogP contribution in [0.15, 0.2) is 23.2 Å². The van der Waals surface area contributed by atoms with Gasteiger partial charge in [-0.3, -0.25) is 4.99 Å². The first-order chi connectivity index (χ1) is 8.54. The number of benzene rings is 1. The summed E-state index contributed by atoms with van der Waals surface area (Å²) >= 11 is 12.0. The molecule has 0 saturated carbocycles. The van der Waals surface area contributed by atoms with Crippen molar-refractivity contribution in [1.82, 2.24) is 5.32 Å². The quantitative estimate of drug-likeness (QED) is 0.492. The van der Waals surface area contributed by atoms with Crippen molar-refractivity contribution >= 4 is 29.2 Å². The van der Waals surface area contributed by atoms with E-state index < -0.39 is 0 Å². The number of unbranched alkanes of at least 4 members (excludes halogenated alkanes) is 1. The van der Waals surface area contributed by atoms with E-state index in [1.165, 1.54) is 0 Å². The van der Waals surface area contributed by atoms with E-state index in [0.717, 1.165) is 24.9 Å². The van der Waals surface area contributed by atoms with Crippen molar-refractivity contribution in [2.24, 2.45) is 10.7 Å². The van der Waals surface area contributed by atoms with Crippen LogP contribution in [0, 0.1) is 0 Å². The second kappa shape index (κ2) is 7.49. The molecule has 3 N–H and O–H groups in total. The molecule has 3 nitrogen and oxygen atoms in total. The fourth-order valence-corrected chi connectivity index (χ4v) is 2.13. The normalized spacial score (nSPS) is 13.4. The van der Waals surface area contributed by atoms with Crippen molar-refractivity contribution in [2.75, 3.05) is 6.54 Å². The zero-order chi connectivity index (χ0) is 13.5. The molecule has 1 atom stereocenters. The van der Waals surface area contributed by atoms with Gasteiger partial charge in [-0.1, -0.05) is 42.6 Å². The highest BCUT2D eigenvalue weighted by molar-refractivity contribution is 6.35. The first-order valence-electron chi connectivity index (χ1n) is 6.06. The number of hydrogen-bond donors (Lipinski definition) is 2. The van der Waals surface area contributed by atoms with Gasteiger partial charge in [-0.15, -0.1) is 0 Å². The molecule has 18 heavy (non-hydrogen) atoms. The summed E-state index contributed by atoms with van der Waals surface area (Å²) in [5.41, 5.74) is 6.76. The number of nitrogens with zero attached hydrogens (tertiary/aromatic N) is 1. The minimum absolute atomic E-state index is 0.000133. The molecule has 1 rings (SSSR count). The number of guanidine groups is 1. The average molecular weight is 288 g/mol. The molecule has 0 aliphatic heterocycles. The second-order valence-corrected chi connectivity index (χ2v) is 5.00. The molecular formula is C13H19Cl2N3. The average Bonchev–Trinajstić information content (AvgIpc) is 2.28. The second-order valence-electron chi connectivity index (χ2n) is 4.15. The van der Waals surface area contributed by atoms with E-state index >= 15 is 0 Å². The van der Waals surface area contributed by atoms with Gasteiger partial charge in [-0.25, -0.2) is 0 Å². The van der Waals surface area contributed by atoms with Gasteiger partial charge in [-0.2, -0.15) is 0 Å². The summed E-state index contributed by atoms with van der Waals surface area (Å²) in [6, 6.07) is 5.42. The predicted octanol–water partition coefficient (Wildman–Crippen LogP) is 3.76. The fourth-order valence-electron chi connectivity index (χ4n) is 1.56. The number of nitrogens with one attached hydrogen (secondary N) is 1. The number of rotatable bonds is 5. The lowest BCUT2D eigenvalue weighted by atomic mass is 10.1. The van der Waals surface area contributed by atoms with E-state index in [0.29, 0.717) is 16.0 Å². The van der Waals surface area contributed by atoms with Gasteiger partial charge in [0.05, 0.1) is 6.04 Å². The monoisotopic (exact) mass is 287 g/mol.